The lowest BCUT2D eigenvalue weighted by atomic mass is 9.94. The van der Waals surface area contributed by atoms with E-state index in [9.17, 15) is 19.8 Å². The van der Waals surface area contributed by atoms with Crippen molar-refractivity contribution in [3.8, 4) is 5.75 Å². The lowest BCUT2D eigenvalue weighted by Gasteiger charge is -2.26. The van der Waals surface area contributed by atoms with E-state index in [4.69, 9.17) is 14.2 Å². The summed E-state index contributed by atoms with van der Waals surface area (Å²) in [7, 11) is 1.24. The summed E-state index contributed by atoms with van der Waals surface area (Å²) >= 11 is 0. The first kappa shape index (κ1) is 19.7. The second-order valence-corrected chi connectivity index (χ2v) is 5.67. The van der Waals surface area contributed by atoms with Gasteiger partial charge in [0.15, 0.2) is 6.29 Å². The zero-order chi connectivity index (χ0) is 19.1. The third-order valence-electron chi connectivity index (χ3n) is 4.02. The Balaban J connectivity index is 2.02. The summed E-state index contributed by atoms with van der Waals surface area (Å²) in [5.41, 5.74) is 1.84. The number of phenols is 1. The first-order valence-corrected chi connectivity index (χ1v) is 8.16. The number of ether oxygens (including phenoxy) is 3. The highest BCUT2D eigenvalue weighted by Gasteiger charge is 2.30. The summed E-state index contributed by atoms with van der Waals surface area (Å²) in [5, 5.41) is 19.2. The van der Waals surface area contributed by atoms with E-state index in [1.807, 2.05) is 0 Å². The first-order chi connectivity index (χ1) is 12.5. The SMILES string of the molecule is C/C=C1\C(CC(=O)OCCc2ccc(O)cc2)=C(C(=O)OC)CO[C@H]1O. The number of phenolic OH excluding ortho intramolecular Hbond substituents is 1. The monoisotopic (exact) mass is 362 g/mol. The molecule has 0 fully saturated rings. The van der Waals surface area contributed by atoms with Gasteiger partial charge in [0.2, 0.25) is 0 Å². The Kier molecular flexibility index (Phi) is 6.94. The standard InChI is InChI=1S/C19H22O7/c1-3-14-15(16(18(22)24-2)11-26-19(14)23)10-17(21)25-9-8-12-4-6-13(20)7-5-12/h3-7,19-20,23H,8-11H2,1-2H3/b14-3+/t19-/m1/s1. The molecule has 1 aliphatic heterocycles. The number of benzene rings is 1. The average molecular weight is 362 g/mol. The highest BCUT2D eigenvalue weighted by atomic mass is 16.6. The van der Waals surface area contributed by atoms with Crippen molar-refractivity contribution in [1.29, 1.82) is 0 Å². The Morgan fingerprint density at radius 3 is 2.62 bits per heavy atom. The van der Waals surface area contributed by atoms with Crippen molar-refractivity contribution in [2.24, 2.45) is 0 Å². The van der Waals surface area contributed by atoms with Crippen LogP contribution in [0.1, 0.15) is 18.9 Å². The first-order valence-electron chi connectivity index (χ1n) is 8.16. The molecule has 0 saturated carbocycles. The number of carbonyl (C=O) groups excluding carboxylic acids is 2. The molecule has 0 bridgehead atoms. The summed E-state index contributed by atoms with van der Waals surface area (Å²) in [6, 6.07) is 6.61. The number of allylic oxidation sites excluding steroid dienone is 1. The molecule has 140 valence electrons. The van der Waals surface area contributed by atoms with Crippen LogP contribution in [0, 0.1) is 0 Å². The molecule has 0 spiro atoms. The number of esters is 2. The van der Waals surface area contributed by atoms with Crippen molar-refractivity contribution in [3.05, 3.63) is 52.6 Å². The molecule has 2 rings (SSSR count). The number of aliphatic hydroxyl groups is 1. The van der Waals surface area contributed by atoms with E-state index in [2.05, 4.69) is 0 Å². The van der Waals surface area contributed by atoms with E-state index in [1.165, 1.54) is 7.11 Å². The van der Waals surface area contributed by atoms with Crippen LogP contribution in [-0.4, -0.2) is 48.8 Å². The molecule has 1 heterocycles. The maximum atomic E-state index is 12.2. The second kappa shape index (κ2) is 9.17. The maximum Gasteiger partial charge on any atom is 0.336 e. The van der Waals surface area contributed by atoms with E-state index in [-0.39, 0.29) is 31.0 Å². The van der Waals surface area contributed by atoms with E-state index in [1.54, 1.807) is 37.3 Å². The molecule has 0 unspecified atom stereocenters. The Hall–Kier alpha value is -2.64. The summed E-state index contributed by atoms with van der Waals surface area (Å²) in [4.78, 5) is 24.1. The average Bonchev–Trinajstić information content (AvgIpc) is 2.63. The molecule has 0 aliphatic carbocycles. The quantitative estimate of drug-likeness (QED) is 0.742. The van der Waals surface area contributed by atoms with E-state index in [0.29, 0.717) is 17.6 Å². The predicted octanol–water partition coefficient (Wildman–Crippen LogP) is 1.63. The molecule has 0 radical (unpaired) electrons. The number of hydrogen-bond donors (Lipinski definition) is 2. The van der Waals surface area contributed by atoms with Gasteiger partial charge in [-0.05, 0) is 30.2 Å². The largest absolute Gasteiger partial charge is 0.508 e. The van der Waals surface area contributed by atoms with Crippen LogP contribution in [0.3, 0.4) is 0 Å². The minimum absolute atomic E-state index is 0.138. The zero-order valence-corrected chi connectivity index (χ0v) is 14.7. The molecule has 1 aromatic carbocycles. The van der Waals surface area contributed by atoms with Gasteiger partial charge in [-0.15, -0.1) is 0 Å². The van der Waals surface area contributed by atoms with Crippen LogP contribution in [0.15, 0.2) is 47.1 Å². The fourth-order valence-electron chi connectivity index (χ4n) is 2.63. The van der Waals surface area contributed by atoms with E-state index >= 15 is 0 Å². The fraction of sp³-hybridized carbons (Fsp3) is 0.368. The minimum atomic E-state index is -1.20. The molecule has 1 atom stereocenters. The van der Waals surface area contributed by atoms with E-state index in [0.717, 1.165) is 5.56 Å². The topological polar surface area (TPSA) is 102 Å². The molecule has 1 aromatic rings. The van der Waals surface area contributed by atoms with Gasteiger partial charge in [-0.1, -0.05) is 18.2 Å². The molecular weight excluding hydrogens is 340 g/mol. The number of methoxy groups -OCH3 is 1. The second-order valence-electron chi connectivity index (χ2n) is 5.67. The molecule has 7 nitrogen and oxygen atoms in total. The molecule has 1 aliphatic rings. The minimum Gasteiger partial charge on any atom is -0.508 e. The van der Waals surface area contributed by atoms with Crippen molar-refractivity contribution in [3.63, 3.8) is 0 Å². The van der Waals surface area contributed by atoms with Crippen molar-refractivity contribution >= 4 is 11.9 Å². The smallest absolute Gasteiger partial charge is 0.336 e. The Morgan fingerprint density at radius 2 is 2.00 bits per heavy atom. The molecule has 26 heavy (non-hydrogen) atoms. The Bertz CT molecular complexity index is 716. The van der Waals surface area contributed by atoms with Gasteiger partial charge in [0.25, 0.3) is 0 Å². The van der Waals surface area contributed by atoms with Crippen LogP contribution < -0.4 is 0 Å². The van der Waals surface area contributed by atoms with Crippen molar-refractivity contribution in [2.45, 2.75) is 26.1 Å². The fourth-order valence-corrected chi connectivity index (χ4v) is 2.63. The van der Waals surface area contributed by atoms with Gasteiger partial charge in [0, 0.05) is 12.0 Å². The van der Waals surface area contributed by atoms with Gasteiger partial charge >= 0.3 is 11.9 Å². The lowest BCUT2D eigenvalue weighted by molar-refractivity contribution is -0.143. The van der Waals surface area contributed by atoms with Gasteiger partial charge in [-0.25, -0.2) is 4.79 Å². The highest BCUT2D eigenvalue weighted by Crippen LogP contribution is 2.29. The number of aliphatic hydroxyl groups excluding tert-OH is 1. The lowest BCUT2D eigenvalue weighted by Crippen LogP contribution is -2.29. The van der Waals surface area contributed by atoms with Crippen LogP contribution in [-0.2, 0) is 30.2 Å². The van der Waals surface area contributed by atoms with Gasteiger partial charge in [0.1, 0.15) is 5.75 Å². The predicted molar refractivity (Wildman–Crippen MR) is 92.1 cm³/mol. The van der Waals surface area contributed by atoms with Crippen LogP contribution in [0.25, 0.3) is 0 Å². The van der Waals surface area contributed by atoms with Crippen LogP contribution in [0.2, 0.25) is 0 Å². The van der Waals surface area contributed by atoms with Gasteiger partial charge in [0.05, 0.1) is 32.3 Å². The van der Waals surface area contributed by atoms with Gasteiger partial charge in [-0.2, -0.15) is 0 Å². The van der Waals surface area contributed by atoms with Crippen LogP contribution in [0.5, 0.6) is 5.75 Å². The molecule has 7 heteroatoms. The van der Waals surface area contributed by atoms with Gasteiger partial charge < -0.3 is 24.4 Å². The number of hydrogen-bond acceptors (Lipinski definition) is 7. The summed E-state index contributed by atoms with van der Waals surface area (Å²) < 4.78 is 15.1. The summed E-state index contributed by atoms with van der Waals surface area (Å²) in [6.45, 7) is 1.70. The zero-order valence-electron chi connectivity index (χ0n) is 14.7. The molecular formula is C19H22O7. The van der Waals surface area contributed by atoms with Crippen LogP contribution >= 0.6 is 0 Å². The highest BCUT2D eigenvalue weighted by molar-refractivity contribution is 5.92. The normalized spacial score (nSPS) is 18.7. The summed E-state index contributed by atoms with van der Waals surface area (Å²) in [6.07, 6.45) is 0.719. The number of carbonyl (C=O) groups is 2. The molecule has 0 aromatic heterocycles. The number of rotatable bonds is 6. The van der Waals surface area contributed by atoms with Crippen molar-refractivity contribution < 1.29 is 34.0 Å². The molecule has 0 amide bonds. The Morgan fingerprint density at radius 1 is 1.31 bits per heavy atom. The number of aromatic hydroxyl groups is 1. The van der Waals surface area contributed by atoms with Crippen molar-refractivity contribution in [1.82, 2.24) is 0 Å². The Labute approximate surface area is 151 Å². The molecule has 2 N–H and O–H groups in total. The summed E-state index contributed by atoms with van der Waals surface area (Å²) in [5.74, 6) is -0.957. The van der Waals surface area contributed by atoms with Crippen molar-refractivity contribution in [2.75, 3.05) is 20.3 Å². The maximum absolute atomic E-state index is 12.2. The molecule has 0 saturated heterocycles. The third kappa shape index (κ3) is 4.93. The van der Waals surface area contributed by atoms with E-state index < -0.39 is 18.2 Å². The third-order valence-corrected chi connectivity index (χ3v) is 4.02. The van der Waals surface area contributed by atoms with Crippen LogP contribution in [0.4, 0.5) is 0 Å². The van der Waals surface area contributed by atoms with Gasteiger partial charge in [-0.3, -0.25) is 4.79 Å².